The van der Waals surface area contributed by atoms with E-state index in [4.69, 9.17) is 11.6 Å². The zero-order valence-electron chi connectivity index (χ0n) is 14.2. The van der Waals surface area contributed by atoms with Gasteiger partial charge in [-0.25, -0.2) is 4.98 Å². The highest BCUT2D eigenvalue weighted by molar-refractivity contribution is 7.17. The van der Waals surface area contributed by atoms with Gasteiger partial charge in [-0.05, 0) is 43.5 Å². The molecule has 0 saturated heterocycles. The smallest absolute Gasteiger partial charge is 0.274 e. The van der Waals surface area contributed by atoms with Gasteiger partial charge < -0.3 is 4.57 Å². The summed E-state index contributed by atoms with van der Waals surface area (Å²) in [6.45, 7) is 4.16. The Morgan fingerprint density at radius 2 is 1.96 bits per heavy atom. The monoisotopic (exact) mass is 401 g/mol. The summed E-state index contributed by atoms with van der Waals surface area (Å²) in [5.74, 6) is -0.140. The number of nitrogens with one attached hydrogen (secondary N) is 1. The molecule has 0 aliphatic rings. The van der Waals surface area contributed by atoms with Crippen LogP contribution in [0, 0.1) is 0 Å². The van der Waals surface area contributed by atoms with Gasteiger partial charge in [-0.1, -0.05) is 23.7 Å². The van der Waals surface area contributed by atoms with Gasteiger partial charge in [0.15, 0.2) is 5.13 Å². The molecule has 0 unspecified atom stereocenters. The van der Waals surface area contributed by atoms with E-state index in [0.29, 0.717) is 15.8 Å². The molecular weight excluding hydrogens is 386 g/mol. The first kappa shape index (κ1) is 17.3. The molecule has 0 bridgehead atoms. The SMILES string of the molecule is CC(C)n1c(C(=O)Nc2nc(-c3ccc(Cl)cc3)cs2)cc2sccc21. The van der Waals surface area contributed by atoms with Crippen LogP contribution in [-0.4, -0.2) is 15.5 Å². The van der Waals surface area contributed by atoms with E-state index < -0.39 is 0 Å². The molecule has 1 aromatic carbocycles. The molecular formula is C19H16ClN3OS2. The molecule has 0 aliphatic heterocycles. The molecule has 0 fully saturated rings. The second-order valence-corrected chi connectivity index (χ2v) is 8.40. The second kappa shape index (κ2) is 6.87. The number of halogens is 1. The topological polar surface area (TPSA) is 46.9 Å². The molecule has 1 amide bonds. The van der Waals surface area contributed by atoms with Gasteiger partial charge in [0.1, 0.15) is 5.69 Å². The zero-order chi connectivity index (χ0) is 18.3. The van der Waals surface area contributed by atoms with E-state index >= 15 is 0 Å². The van der Waals surface area contributed by atoms with Crippen LogP contribution < -0.4 is 5.32 Å². The second-order valence-electron chi connectivity index (χ2n) is 6.16. The molecule has 7 heteroatoms. The van der Waals surface area contributed by atoms with Crippen LogP contribution in [0.15, 0.2) is 47.2 Å². The molecule has 3 heterocycles. The van der Waals surface area contributed by atoms with E-state index in [1.165, 1.54) is 11.3 Å². The van der Waals surface area contributed by atoms with Crippen LogP contribution >= 0.6 is 34.3 Å². The number of benzene rings is 1. The Morgan fingerprint density at radius 3 is 2.69 bits per heavy atom. The van der Waals surface area contributed by atoms with Gasteiger partial charge in [0, 0.05) is 22.0 Å². The van der Waals surface area contributed by atoms with E-state index in [2.05, 4.69) is 34.8 Å². The van der Waals surface area contributed by atoms with E-state index in [-0.39, 0.29) is 11.9 Å². The van der Waals surface area contributed by atoms with Crippen molar-refractivity contribution in [2.24, 2.45) is 0 Å². The highest BCUT2D eigenvalue weighted by atomic mass is 35.5. The van der Waals surface area contributed by atoms with Gasteiger partial charge in [0.2, 0.25) is 0 Å². The fraction of sp³-hybridized carbons (Fsp3) is 0.158. The number of aromatic nitrogens is 2. The first-order valence-corrected chi connectivity index (χ1v) is 10.3. The number of hydrogen-bond acceptors (Lipinski definition) is 4. The van der Waals surface area contributed by atoms with Crippen molar-refractivity contribution < 1.29 is 4.79 Å². The van der Waals surface area contributed by atoms with Crippen LogP contribution in [0.4, 0.5) is 5.13 Å². The third kappa shape index (κ3) is 3.16. The number of thiophene rings is 1. The van der Waals surface area contributed by atoms with Crippen LogP contribution in [0.3, 0.4) is 0 Å². The normalized spacial score (nSPS) is 11.4. The molecule has 0 saturated carbocycles. The lowest BCUT2D eigenvalue weighted by atomic mass is 10.2. The molecule has 132 valence electrons. The number of carbonyl (C=O) groups excluding carboxylic acids is 1. The minimum absolute atomic E-state index is 0.140. The first-order chi connectivity index (χ1) is 12.5. The van der Waals surface area contributed by atoms with Gasteiger partial charge in [-0.3, -0.25) is 10.1 Å². The van der Waals surface area contributed by atoms with Crippen LogP contribution in [0.1, 0.15) is 30.4 Å². The van der Waals surface area contributed by atoms with Crippen molar-refractivity contribution in [1.82, 2.24) is 9.55 Å². The predicted molar refractivity (Wildman–Crippen MR) is 111 cm³/mol. The molecule has 4 rings (SSSR count). The van der Waals surface area contributed by atoms with E-state index in [1.807, 2.05) is 41.1 Å². The minimum atomic E-state index is -0.140. The van der Waals surface area contributed by atoms with Gasteiger partial charge in [0.05, 0.1) is 15.9 Å². The fourth-order valence-electron chi connectivity index (χ4n) is 2.92. The van der Waals surface area contributed by atoms with Gasteiger partial charge >= 0.3 is 0 Å². The van der Waals surface area contributed by atoms with Gasteiger partial charge in [-0.2, -0.15) is 0 Å². The number of carbonyl (C=O) groups is 1. The summed E-state index contributed by atoms with van der Waals surface area (Å²) < 4.78 is 3.18. The Bertz CT molecular complexity index is 1080. The number of thiazole rings is 1. The Hall–Kier alpha value is -2.15. The number of anilines is 1. The van der Waals surface area contributed by atoms with Crippen molar-refractivity contribution in [2.75, 3.05) is 5.32 Å². The molecule has 26 heavy (non-hydrogen) atoms. The Kier molecular flexibility index (Phi) is 4.56. The van der Waals surface area contributed by atoms with Crippen LogP contribution in [0.5, 0.6) is 0 Å². The number of amides is 1. The summed E-state index contributed by atoms with van der Waals surface area (Å²) in [5.41, 5.74) is 3.54. The van der Waals surface area contributed by atoms with Crippen LogP contribution in [0.25, 0.3) is 21.5 Å². The molecule has 4 nitrogen and oxygen atoms in total. The molecule has 4 aromatic rings. The summed E-state index contributed by atoms with van der Waals surface area (Å²) >= 11 is 8.98. The van der Waals surface area contributed by atoms with Crippen LogP contribution in [0.2, 0.25) is 5.02 Å². The zero-order valence-corrected chi connectivity index (χ0v) is 16.6. The lowest BCUT2D eigenvalue weighted by molar-refractivity contribution is 0.101. The summed E-state index contributed by atoms with van der Waals surface area (Å²) in [6.07, 6.45) is 0. The fourth-order valence-corrected chi connectivity index (χ4v) is 4.57. The highest BCUT2D eigenvalue weighted by Gasteiger charge is 2.19. The Labute approximate surface area is 164 Å². The van der Waals surface area contributed by atoms with Crippen LogP contribution in [-0.2, 0) is 0 Å². The number of nitrogens with zero attached hydrogens (tertiary/aromatic N) is 2. The Morgan fingerprint density at radius 1 is 1.19 bits per heavy atom. The molecule has 0 spiro atoms. The van der Waals surface area contributed by atoms with Crippen molar-refractivity contribution in [3.63, 3.8) is 0 Å². The first-order valence-electron chi connectivity index (χ1n) is 8.14. The van der Waals surface area contributed by atoms with E-state index in [0.717, 1.165) is 21.5 Å². The minimum Gasteiger partial charge on any atom is -0.333 e. The van der Waals surface area contributed by atoms with E-state index in [1.54, 1.807) is 11.3 Å². The third-order valence-electron chi connectivity index (χ3n) is 4.07. The highest BCUT2D eigenvalue weighted by Crippen LogP contribution is 2.30. The van der Waals surface area contributed by atoms with E-state index in [9.17, 15) is 4.79 Å². The maximum atomic E-state index is 12.8. The molecule has 0 radical (unpaired) electrons. The summed E-state index contributed by atoms with van der Waals surface area (Å²) in [5, 5.41) is 8.18. The van der Waals surface area contributed by atoms with Crippen molar-refractivity contribution >= 4 is 55.5 Å². The summed E-state index contributed by atoms with van der Waals surface area (Å²) in [6, 6.07) is 11.7. The molecule has 0 atom stereocenters. The van der Waals surface area contributed by atoms with Crippen molar-refractivity contribution in [1.29, 1.82) is 0 Å². The third-order valence-corrected chi connectivity index (χ3v) is 5.94. The van der Waals surface area contributed by atoms with Crippen molar-refractivity contribution in [3.05, 3.63) is 57.9 Å². The number of rotatable bonds is 4. The average Bonchev–Trinajstić information content (AvgIpc) is 3.29. The molecule has 1 N–H and O–H groups in total. The van der Waals surface area contributed by atoms with Gasteiger partial charge in [-0.15, -0.1) is 22.7 Å². The largest absolute Gasteiger partial charge is 0.333 e. The maximum absolute atomic E-state index is 12.8. The number of hydrogen-bond donors (Lipinski definition) is 1. The Balaban J connectivity index is 1.60. The lowest BCUT2D eigenvalue weighted by Crippen LogP contribution is -2.18. The molecule has 0 aliphatic carbocycles. The van der Waals surface area contributed by atoms with Crippen molar-refractivity contribution in [3.8, 4) is 11.3 Å². The quantitative estimate of drug-likeness (QED) is 0.435. The standard InChI is InChI=1S/C19H16ClN3OS2/c1-11(2)23-15-7-8-25-17(15)9-16(23)18(24)22-19-21-14(10-26-19)12-3-5-13(20)6-4-12/h3-11H,1-2H3,(H,21,22,24). The predicted octanol–water partition coefficient (Wildman–Crippen LogP) is 6.31. The molecule has 3 aromatic heterocycles. The lowest BCUT2D eigenvalue weighted by Gasteiger charge is -2.13. The van der Waals surface area contributed by atoms with Crippen molar-refractivity contribution in [2.45, 2.75) is 19.9 Å². The number of fused-ring (bicyclic) bond motifs is 1. The average molecular weight is 402 g/mol. The van der Waals surface area contributed by atoms with Gasteiger partial charge in [0.25, 0.3) is 5.91 Å². The summed E-state index contributed by atoms with van der Waals surface area (Å²) in [7, 11) is 0. The summed E-state index contributed by atoms with van der Waals surface area (Å²) in [4.78, 5) is 17.3. The maximum Gasteiger partial charge on any atom is 0.274 e.